The lowest BCUT2D eigenvalue weighted by Crippen LogP contribution is -2.46. The van der Waals surface area contributed by atoms with Gasteiger partial charge in [-0.3, -0.25) is 14.2 Å². The number of hydrogen-bond donors (Lipinski definition) is 2. The van der Waals surface area contributed by atoms with Gasteiger partial charge in [0.15, 0.2) is 0 Å². The van der Waals surface area contributed by atoms with Crippen LogP contribution in [0.4, 0.5) is 5.69 Å². The van der Waals surface area contributed by atoms with E-state index in [0.29, 0.717) is 31.6 Å². The summed E-state index contributed by atoms with van der Waals surface area (Å²) in [7, 11) is 0. The zero-order chi connectivity index (χ0) is 22.5. The monoisotopic (exact) mass is 444 g/mol. The Hall–Kier alpha value is -3.88. The van der Waals surface area contributed by atoms with Gasteiger partial charge < -0.3 is 19.8 Å². The van der Waals surface area contributed by atoms with Gasteiger partial charge in [0.2, 0.25) is 11.8 Å². The van der Waals surface area contributed by atoms with E-state index in [1.807, 2.05) is 36.4 Å². The van der Waals surface area contributed by atoms with Crippen molar-refractivity contribution in [2.24, 2.45) is 5.92 Å². The Labute approximate surface area is 189 Å². The van der Waals surface area contributed by atoms with Gasteiger partial charge in [-0.2, -0.15) is 0 Å². The Morgan fingerprint density at radius 1 is 1.06 bits per heavy atom. The summed E-state index contributed by atoms with van der Waals surface area (Å²) >= 11 is 0. The van der Waals surface area contributed by atoms with Crippen molar-refractivity contribution >= 4 is 39.6 Å². The topological polar surface area (TPSA) is 107 Å². The van der Waals surface area contributed by atoms with Gasteiger partial charge in [-0.15, -0.1) is 0 Å². The molecular formula is C24H24N6O3. The molecule has 33 heavy (non-hydrogen) atoms. The zero-order valence-corrected chi connectivity index (χ0v) is 18.0. The van der Waals surface area contributed by atoms with Crippen molar-refractivity contribution in [3.63, 3.8) is 0 Å². The van der Waals surface area contributed by atoms with Crippen molar-refractivity contribution in [3.8, 4) is 0 Å². The molecule has 0 saturated carbocycles. The first kappa shape index (κ1) is 19.8. The highest BCUT2D eigenvalue weighted by molar-refractivity contribution is 6.09. The molecule has 0 aliphatic carbocycles. The maximum Gasteiger partial charge on any atom is 0.326 e. The number of anilines is 1. The van der Waals surface area contributed by atoms with Crippen LogP contribution in [0, 0.1) is 5.92 Å². The van der Waals surface area contributed by atoms with Gasteiger partial charge in [0, 0.05) is 36.9 Å². The maximum absolute atomic E-state index is 13.4. The Morgan fingerprint density at radius 2 is 1.91 bits per heavy atom. The summed E-state index contributed by atoms with van der Waals surface area (Å²) in [6, 6.07) is 11.2. The molecule has 2 aliphatic rings. The molecule has 0 radical (unpaired) electrons. The number of likely N-dealkylation sites (tertiary alicyclic amines) is 1. The molecule has 9 heteroatoms. The van der Waals surface area contributed by atoms with Crippen LogP contribution in [0.2, 0.25) is 0 Å². The van der Waals surface area contributed by atoms with E-state index in [-0.39, 0.29) is 23.5 Å². The van der Waals surface area contributed by atoms with E-state index in [2.05, 4.69) is 15.0 Å². The highest BCUT2D eigenvalue weighted by atomic mass is 16.2. The second-order valence-electron chi connectivity index (χ2n) is 8.81. The smallest absolute Gasteiger partial charge is 0.326 e. The number of rotatable bonds is 3. The number of nitrogens with one attached hydrogen (secondary N) is 2. The fourth-order valence-electron chi connectivity index (χ4n) is 5.33. The standard InChI is InChI=1S/C24H24N6O3/c31-22(18-9-12-29(23(18)32)15-5-2-1-3-6-15)28-11-4-7-16(14-28)30-20-17-8-10-25-21(17)26-13-19(20)27-24(30)33/h1-3,5-6,8,10,13,16,18H,4,7,9,11-12,14H2,(H,25,26)(H,27,33)/t16-,18?/m1/s1. The van der Waals surface area contributed by atoms with E-state index in [1.165, 1.54) is 0 Å². The first-order valence-corrected chi connectivity index (χ1v) is 11.3. The van der Waals surface area contributed by atoms with Gasteiger partial charge in [0.05, 0.1) is 23.3 Å². The molecule has 168 valence electrons. The molecule has 2 saturated heterocycles. The molecule has 2 aliphatic heterocycles. The third-order valence-corrected chi connectivity index (χ3v) is 6.90. The van der Waals surface area contributed by atoms with Gasteiger partial charge in [0.25, 0.3) is 0 Å². The molecule has 0 spiro atoms. The number of nitrogens with zero attached hydrogens (tertiary/aromatic N) is 4. The van der Waals surface area contributed by atoms with Crippen molar-refractivity contribution in [1.82, 2.24) is 24.4 Å². The number of carbonyl (C=O) groups is 2. The predicted octanol–water partition coefficient (Wildman–Crippen LogP) is 2.42. The molecule has 4 aromatic rings. The fourth-order valence-corrected chi connectivity index (χ4v) is 5.33. The lowest BCUT2D eigenvalue weighted by Gasteiger charge is -2.34. The number of carbonyl (C=O) groups excluding carboxylic acids is 2. The summed E-state index contributed by atoms with van der Waals surface area (Å²) in [5, 5.41) is 0.874. The van der Waals surface area contributed by atoms with Crippen LogP contribution in [0.5, 0.6) is 0 Å². The molecule has 9 nitrogen and oxygen atoms in total. The summed E-state index contributed by atoms with van der Waals surface area (Å²) in [6.45, 7) is 1.55. The molecule has 6 rings (SSSR count). The van der Waals surface area contributed by atoms with Crippen LogP contribution in [-0.2, 0) is 9.59 Å². The van der Waals surface area contributed by atoms with E-state index in [4.69, 9.17) is 0 Å². The van der Waals surface area contributed by atoms with E-state index in [1.54, 1.807) is 26.8 Å². The largest absolute Gasteiger partial charge is 0.346 e. The number of amides is 2. The molecule has 2 atom stereocenters. The minimum Gasteiger partial charge on any atom is -0.346 e. The van der Waals surface area contributed by atoms with Crippen LogP contribution in [0.25, 0.3) is 22.1 Å². The molecule has 2 fully saturated rings. The number of hydrogen-bond acceptors (Lipinski definition) is 4. The molecule has 1 aromatic carbocycles. The van der Waals surface area contributed by atoms with Crippen molar-refractivity contribution in [1.29, 1.82) is 0 Å². The fraction of sp³-hybridized carbons (Fsp3) is 0.333. The normalized spacial score (nSPS) is 21.4. The number of para-hydroxylation sites is 1. The highest BCUT2D eigenvalue weighted by Crippen LogP contribution is 2.31. The SMILES string of the molecule is O=C(C1CCN(c2ccccc2)C1=O)N1CCC[C@@H](n2c(=O)[nH]c3cnc4[nH]ccc4c32)C1. The van der Waals surface area contributed by atoms with Crippen molar-refractivity contribution in [3.05, 3.63) is 59.3 Å². The minimum atomic E-state index is -0.663. The number of H-pyrrole nitrogens is 2. The average molecular weight is 444 g/mol. The molecule has 2 N–H and O–H groups in total. The Kier molecular flexibility index (Phi) is 4.56. The number of benzene rings is 1. The molecule has 5 heterocycles. The second kappa shape index (κ2) is 7.61. The third kappa shape index (κ3) is 3.14. The summed E-state index contributed by atoms with van der Waals surface area (Å²) in [5.74, 6) is -0.939. The van der Waals surface area contributed by atoms with E-state index < -0.39 is 5.92 Å². The van der Waals surface area contributed by atoms with Crippen molar-refractivity contribution in [2.45, 2.75) is 25.3 Å². The summed E-state index contributed by atoms with van der Waals surface area (Å²) in [4.78, 5) is 53.2. The zero-order valence-electron chi connectivity index (χ0n) is 18.0. The highest BCUT2D eigenvalue weighted by Gasteiger charge is 2.41. The molecule has 0 bridgehead atoms. The summed E-state index contributed by atoms with van der Waals surface area (Å²) < 4.78 is 1.76. The van der Waals surface area contributed by atoms with Crippen LogP contribution < -0.4 is 10.6 Å². The minimum absolute atomic E-state index is 0.135. The van der Waals surface area contributed by atoms with Gasteiger partial charge in [-0.05, 0) is 37.5 Å². The molecular weight excluding hydrogens is 420 g/mol. The number of imidazole rings is 1. The van der Waals surface area contributed by atoms with Crippen molar-refractivity contribution in [2.75, 3.05) is 24.5 Å². The molecule has 1 unspecified atom stereocenters. The van der Waals surface area contributed by atoms with E-state index in [0.717, 1.165) is 35.1 Å². The quantitative estimate of drug-likeness (QED) is 0.473. The van der Waals surface area contributed by atoms with Crippen molar-refractivity contribution < 1.29 is 9.59 Å². The first-order valence-electron chi connectivity index (χ1n) is 11.3. The number of aromatic nitrogens is 4. The number of pyridine rings is 1. The van der Waals surface area contributed by atoms with Crippen LogP contribution in [0.3, 0.4) is 0 Å². The van der Waals surface area contributed by atoms with Crippen LogP contribution in [0.1, 0.15) is 25.3 Å². The second-order valence-corrected chi connectivity index (χ2v) is 8.81. The Bertz CT molecular complexity index is 1420. The van der Waals surface area contributed by atoms with Crippen LogP contribution in [0.15, 0.2) is 53.6 Å². The molecule has 3 aromatic heterocycles. The van der Waals surface area contributed by atoms with Gasteiger partial charge in [0.1, 0.15) is 11.6 Å². The van der Waals surface area contributed by atoms with Crippen LogP contribution in [-0.4, -0.2) is 55.9 Å². The van der Waals surface area contributed by atoms with Gasteiger partial charge in [-0.1, -0.05) is 18.2 Å². The Balaban J connectivity index is 1.27. The molecule has 2 amide bonds. The van der Waals surface area contributed by atoms with E-state index in [9.17, 15) is 14.4 Å². The van der Waals surface area contributed by atoms with E-state index >= 15 is 0 Å². The van der Waals surface area contributed by atoms with Gasteiger partial charge >= 0.3 is 5.69 Å². The van der Waals surface area contributed by atoms with Crippen LogP contribution >= 0.6 is 0 Å². The lowest BCUT2D eigenvalue weighted by atomic mass is 10.0. The predicted molar refractivity (Wildman–Crippen MR) is 124 cm³/mol. The summed E-state index contributed by atoms with van der Waals surface area (Å²) in [5.41, 5.74) is 2.82. The third-order valence-electron chi connectivity index (χ3n) is 6.90. The van der Waals surface area contributed by atoms with Gasteiger partial charge in [-0.25, -0.2) is 9.78 Å². The summed E-state index contributed by atoms with van der Waals surface area (Å²) in [6.07, 6.45) is 5.54. The number of aromatic amines is 2. The maximum atomic E-state index is 13.4. The number of fused-ring (bicyclic) bond motifs is 3. The first-order chi connectivity index (χ1) is 16.1. The Morgan fingerprint density at radius 3 is 2.76 bits per heavy atom. The lowest BCUT2D eigenvalue weighted by molar-refractivity contribution is -0.141. The average Bonchev–Trinajstić information content (AvgIpc) is 3.55. The number of piperidine rings is 1.